The van der Waals surface area contributed by atoms with Crippen molar-refractivity contribution in [1.82, 2.24) is 20.8 Å². The zero-order valence-corrected chi connectivity index (χ0v) is 19.0. The Kier molecular flexibility index (Phi) is 7.78. The molecule has 33 heavy (non-hydrogen) atoms. The van der Waals surface area contributed by atoms with Gasteiger partial charge in [-0.1, -0.05) is 35.5 Å². The molecule has 0 spiro atoms. The highest BCUT2D eigenvalue weighted by Gasteiger charge is 2.21. The van der Waals surface area contributed by atoms with Crippen molar-refractivity contribution in [1.29, 1.82) is 0 Å². The topological polar surface area (TPSA) is 140 Å². The molecule has 11 heteroatoms. The van der Waals surface area contributed by atoms with Crippen LogP contribution in [0.5, 0.6) is 5.75 Å². The lowest BCUT2D eigenvalue weighted by molar-refractivity contribution is -0.123. The van der Waals surface area contributed by atoms with Crippen molar-refractivity contribution < 1.29 is 27.3 Å². The Morgan fingerprint density at radius 1 is 1.00 bits per heavy atom. The van der Waals surface area contributed by atoms with E-state index in [9.17, 15) is 18.0 Å². The van der Waals surface area contributed by atoms with E-state index in [0.29, 0.717) is 5.75 Å². The molecule has 1 aromatic heterocycles. The molecule has 0 aliphatic carbocycles. The molecule has 0 saturated carbocycles. The number of carbonyl (C=O) groups excluding carboxylic acids is 2. The summed E-state index contributed by atoms with van der Waals surface area (Å²) in [5, 5.41) is 8.69. The quantitative estimate of drug-likeness (QED) is 0.424. The van der Waals surface area contributed by atoms with E-state index in [1.54, 1.807) is 24.3 Å². The number of amides is 2. The summed E-state index contributed by atoms with van der Waals surface area (Å²) in [5.41, 5.74) is 2.03. The molecule has 3 aromatic rings. The summed E-state index contributed by atoms with van der Waals surface area (Å²) < 4.78 is 35.1. The average Bonchev–Trinajstić information content (AvgIpc) is 3.26. The first kappa shape index (κ1) is 23.9. The molecule has 0 unspecified atom stereocenters. The summed E-state index contributed by atoms with van der Waals surface area (Å²) >= 11 is 0. The third kappa shape index (κ3) is 6.62. The van der Waals surface area contributed by atoms with E-state index in [4.69, 9.17) is 9.26 Å². The van der Waals surface area contributed by atoms with Crippen LogP contribution in [0.25, 0.3) is 0 Å². The molecule has 0 radical (unpaired) electrons. The zero-order chi connectivity index (χ0) is 23.8. The normalized spacial score (nSPS) is 11.1. The van der Waals surface area contributed by atoms with Gasteiger partial charge in [0.05, 0.1) is 4.90 Å². The first-order chi connectivity index (χ1) is 15.8. The van der Waals surface area contributed by atoms with Crippen molar-refractivity contribution in [3.63, 3.8) is 0 Å². The summed E-state index contributed by atoms with van der Waals surface area (Å²) in [7, 11) is -3.66. The molecule has 0 aliphatic heterocycles. The highest BCUT2D eigenvalue weighted by molar-refractivity contribution is 7.90. The van der Waals surface area contributed by atoms with Gasteiger partial charge in [-0.25, -0.2) is 8.42 Å². The fourth-order valence-corrected chi connectivity index (χ4v) is 4.01. The minimum absolute atomic E-state index is 0.105. The molecule has 174 valence electrons. The van der Waals surface area contributed by atoms with E-state index in [1.807, 2.05) is 26.0 Å². The Hall–Kier alpha value is -3.73. The van der Waals surface area contributed by atoms with E-state index in [2.05, 4.69) is 20.8 Å². The molecule has 0 atom stereocenters. The lowest BCUT2D eigenvalue weighted by atomic mass is 10.1. The summed E-state index contributed by atoms with van der Waals surface area (Å²) in [6.45, 7) is 3.98. The maximum Gasteiger partial charge on any atom is 0.315 e. The van der Waals surface area contributed by atoms with Gasteiger partial charge < -0.3 is 19.9 Å². The second-order valence-corrected chi connectivity index (χ2v) is 9.17. The number of nitrogens with zero attached hydrogens (tertiary/aromatic N) is 2. The molecule has 2 aromatic carbocycles. The molecule has 2 N–H and O–H groups in total. The van der Waals surface area contributed by atoms with Crippen molar-refractivity contribution in [2.45, 2.75) is 24.5 Å². The van der Waals surface area contributed by atoms with Gasteiger partial charge in [-0.15, -0.1) is 0 Å². The third-order valence-electron chi connectivity index (χ3n) is 4.73. The lowest BCUT2D eigenvalue weighted by Crippen LogP contribution is -2.36. The van der Waals surface area contributed by atoms with Crippen LogP contribution in [0.4, 0.5) is 0 Å². The first-order valence-electron chi connectivity index (χ1n) is 10.1. The van der Waals surface area contributed by atoms with Gasteiger partial charge in [0.15, 0.2) is 22.3 Å². The lowest BCUT2D eigenvalue weighted by Gasteiger charge is -2.11. The monoisotopic (exact) mass is 472 g/mol. The van der Waals surface area contributed by atoms with E-state index in [0.717, 1.165) is 11.1 Å². The van der Waals surface area contributed by atoms with Crippen molar-refractivity contribution in [3.05, 3.63) is 71.4 Å². The van der Waals surface area contributed by atoms with Gasteiger partial charge in [-0.05, 0) is 43.2 Å². The van der Waals surface area contributed by atoms with E-state index < -0.39 is 21.5 Å². The Balaban J connectivity index is 1.41. The fourth-order valence-electron chi connectivity index (χ4n) is 2.81. The third-order valence-corrected chi connectivity index (χ3v) is 6.36. The molecule has 0 saturated heterocycles. The second-order valence-electron chi connectivity index (χ2n) is 7.18. The number of benzene rings is 2. The highest BCUT2D eigenvalue weighted by atomic mass is 32.2. The number of carbonyl (C=O) groups is 2. The predicted molar refractivity (Wildman–Crippen MR) is 118 cm³/mol. The van der Waals surface area contributed by atoms with Crippen LogP contribution in [0, 0.1) is 13.8 Å². The molecular weight excluding hydrogens is 448 g/mol. The Morgan fingerprint density at radius 2 is 1.73 bits per heavy atom. The number of hydrogen-bond donors (Lipinski definition) is 2. The summed E-state index contributed by atoms with van der Waals surface area (Å²) in [6.07, 6.45) is 0. The number of ether oxygens (including phenoxy) is 1. The van der Waals surface area contributed by atoms with Gasteiger partial charge in [0.2, 0.25) is 0 Å². The van der Waals surface area contributed by atoms with Crippen molar-refractivity contribution in [2.75, 3.05) is 19.7 Å². The van der Waals surface area contributed by atoms with Gasteiger partial charge in [0.25, 0.3) is 5.91 Å². The average molecular weight is 473 g/mol. The molecule has 0 aliphatic rings. The zero-order valence-electron chi connectivity index (χ0n) is 18.2. The molecule has 2 amide bonds. The van der Waals surface area contributed by atoms with Crippen LogP contribution >= 0.6 is 0 Å². The van der Waals surface area contributed by atoms with Gasteiger partial charge >= 0.3 is 11.8 Å². The van der Waals surface area contributed by atoms with Gasteiger partial charge in [-0.2, -0.15) is 4.98 Å². The van der Waals surface area contributed by atoms with Crippen molar-refractivity contribution >= 4 is 21.7 Å². The van der Waals surface area contributed by atoms with Crippen LogP contribution in [-0.4, -0.2) is 50.1 Å². The summed E-state index contributed by atoms with van der Waals surface area (Å²) in [5.74, 6) is -1.36. The van der Waals surface area contributed by atoms with E-state index in [-0.39, 0.29) is 42.2 Å². The first-order valence-corrected chi connectivity index (χ1v) is 11.8. The fraction of sp³-hybridized carbons (Fsp3) is 0.273. The van der Waals surface area contributed by atoms with Crippen LogP contribution < -0.4 is 15.4 Å². The molecule has 1 heterocycles. The maximum absolute atomic E-state index is 12.4. The van der Waals surface area contributed by atoms with Crippen molar-refractivity contribution in [2.24, 2.45) is 0 Å². The number of sulfone groups is 1. The van der Waals surface area contributed by atoms with Crippen molar-refractivity contribution in [3.8, 4) is 5.75 Å². The molecule has 0 fully saturated rings. The number of rotatable bonds is 10. The van der Waals surface area contributed by atoms with Crippen LogP contribution in [0.3, 0.4) is 0 Å². The number of nitrogens with one attached hydrogen (secondary N) is 2. The predicted octanol–water partition coefficient (Wildman–Crippen LogP) is 1.59. The summed E-state index contributed by atoms with van der Waals surface area (Å²) in [4.78, 5) is 28.0. The minimum Gasteiger partial charge on any atom is -0.483 e. The van der Waals surface area contributed by atoms with E-state index >= 15 is 0 Å². The highest BCUT2D eigenvalue weighted by Crippen LogP contribution is 2.20. The smallest absolute Gasteiger partial charge is 0.315 e. The van der Waals surface area contributed by atoms with Gasteiger partial charge in [-0.3, -0.25) is 9.59 Å². The Bertz CT molecular complexity index is 1220. The Morgan fingerprint density at radius 3 is 2.48 bits per heavy atom. The standard InChI is InChI=1S/C22H24N4O6S/c1-15-7-6-10-18(16(15)2)31-13-20(27)23-11-12-24-21(28)22-25-19(26-32-22)14-33(29,30)17-8-4-3-5-9-17/h3-10H,11-14H2,1-2H3,(H,23,27)(H,24,28). The molecule has 10 nitrogen and oxygen atoms in total. The largest absolute Gasteiger partial charge is 0.483 e. The van der Waals surface area contributed by atoms with Crippen LogP contribution in [0.1, 0.15) is 27.6 Å². The van der Waals surface area contributed by atoms with Crippen LogP contribution in [0.2, 0.25) is 0 Å². The van der Waals surface area contributed by atoms with Gasteiger partial charge in [0, 0.05) is 13.1 Å². The number of hydrogen-bond acceptors (Lipinski definition) is 8. The van der Waals surface area contributed by atoms with Crippen LogP contribution in [-0.2, 0) is 20.4 Å². The van der Waals surface area contributed by atoms with Crippen LogP contribution in [0.15, 0.2) is 57.9 Å². The number of aryl methyl sites for hydroxylation is 1. The summed E-state index contributed by atoms with van der Waals surface area (Å²) in [6, 6.07) is 13.4. The molecular formula is C22H24N4O6S. The SMILES string of the molecule is Cc1cccc(OCC(=O)NCCNC(=O)c2nc(CS(=O)(=O)c3ccccc3)no2)c1C. The number of aromatic nitrogens is 2. The Labute approximate surface area is 191 Å². The minimum atomic E-state index is -3.66. The molecule has 3 rings (SSSR count). The maximum atomic E-state index is 12.4. The second kappa shape index (κ2) is 10.7. The van der Waals surface area contributed by atoms with Gasteiger partial charge in [0.1, 0.15) is 11.5 Å². The molecule has 0 bridgehead atoms. The van der Waals surface area contributed by atoms with E-state index in [1.165, 1.54) is 12.1 Å².